The quantitative estimate of drug-likeness (QED) is 0.659. The van der Waals surface area contributed by atoms with Crippen molar-refractivity contribution in [1.29, 1.82) is 0 Å². The summed E-state index contributed by atoms with van der Waals surface area (Å²) in [5, 5.41) is 16.3. The van der Waals surface area contributed by atoms with Gasteiger partial charge in [-0.15, -0.1) is 0 Å². The smallest absolute Gasteiger partial charge is 0.253 e. The van der Waals surface area contributed by atoms with E-state index in [1.807, 2.05) is 0 Å². The second-order valence-electron chi connectivity index (χ2n) is 9.56. The van der Waals surface area contributed by atoms with Crippen LogP contribution >= 0.6 is 0 Å². The molecule has 0 unspecified atom stereocenters. The first-order chi connectivity index (χ1) is 17.1. The number of halogens is 1. The number of carbonyl (C=O) groups excluding carboxylic acids is 1. The maximum absolute atomic E-state index is 14.4. The van der Waals surface area contributed by atoms with Crippen LogP contribution in [0.1, 0.15) is 53.1 Å². The SMILES string of the molecule is O=C(c1cc(F)c(O)c(/C=N/N2CCOCC2)c1)N1CCC(c2ccc(N3CCCC3)cc2)CC1. The molecule has 0 bridgehead atoms. The largest absolute Gasteiger partial charge is 0.504 e. The summed E-state index contributed by atoms with van der Waals surface area (Å²) >= 11 is 0. The Kier molecular flexibility index (Phi) is 7.18. The van der Waals surface area contributed by atoms with Crippen molar-refractivity contribution in [2.45, 2.75) is 31.6 Å². The number of benzene rings is 2. The molecule has 3 heterocycles. The van der Waals surface area contributed by atoms with E-state index in [1.165, 1.54) is 36.4 Å². The maximum atomic E-state index is 14.4. The molecule has 2 aromatic rings. The summed E-state index contributed by atoms with van der Waals surface area (Å²) in [6, 6.07) is 11.5. The fraction of sp³-hybridized carbons (Fsp3) is 0.481. The van der Waals surface area contributed by atoms with Crippen molar-refractivity contribution in [3.63, 3.8) is 0 Å². The van der Waals surface area contributed by atoms with Crippen LogP contribution in [0.25, 0.3) is 0 Å². The van der Waals surface area contributed by atoms with Crippen LogP contribution < -0.4 is 4.90 Å². The number of hydrogen-bond donors (Lipinski definition) is 1. The second kappa shape index (κ2) is 10.6. The van der Waals surface area contributed by atoms with E-state index in [4.69, 9.17) is 4.74 Å². The zero-order valence-corrected chi connectivity index (χ0v) is 20.0. The van der Waals surface area contributed by atoms with Crippen molar-refractivity contribution < 1.29 is 19.0 Å². The molecule has 35 heavy (non-hydrogen) atoms. The number of piperidine rings is 1. The lowest BCUT2D eigenvalue weighted by Gasteiger charge is -2.32. The number of hydrazone groups is 1. The van der Waals surface area contributed by atoms with Gasteiger partial charge in [-0.2, -0.15) is 5.10 Å². The molecule has 0 aromatic heterocycles. The molecule has 8 heteroatoms. The molecule has 0 radical (unpaired) electrons. The highest BCUT2D eigenvalue weighted by Crippen LogP contribution is 2.31. The van der Waals surface area contributed by atoms with Gasteiger partial charge in [-0.05, 0) is 61.4 Å². The Morgan fingerprint density at radius 3 is 2.37 bits per heavy atom. The van der Waals surface area contributed by atoms with Gasteiger partial charge >= 0.3 is 0 Å². The molecule has 186 valence electrons. The summed E-state index contributed by atoms with van der Waals surface area (Å²) in [6.07, 6.45) is 5.70. The molecule has 3 aliphatic heterocycles. The van der Waals surface area contributed by atoms with Gasteiger partial charge in [-0.1, -0.05) is 12.1 Å². The van der Waals surface area contributed by atoms with Crippen LogP contribution in [0.15, 0.2) is 41.5 Å². The Morgan fingerprint density at radius 2 is 1.69 bits per heavy atom. The highest BCUT2D eigenvalue weighted by atomic mass is 19.1. The van der Waals surface area contributed by atoms with Gasteiger partial charge in [0.25, 0.3) is 5.91 Å². The number of likely N-dealkylation sites (tertiary alicyclic amines) is 1. The summed E-state index contributed by atoms with van der Waals surface area (Å²) in [7, 11) is 0. The van der Waals surface area contributed by atoms with Crippen molar-refractivity contribution in [3.8, 4) is 5.75 Å². The highest BCUT2D eigenvalue weighted by molar-refractivity contribution is 5.97. The number of aromatic hydroxyl groups is 1. The number of nitrogens with zero attached hydrogens (tertiary/aromatic N) is 4. The lowest BCUT2D eigenvalue weighted by Crippen LogP contribution is -2.38. The van der Waals surface area contributed by atoms with Gasteiger partial charge in [0.15, 0.2) is 11.6 Å². The molecular weight excluding hydrogens is 447 g/mol. The topological polar surface area (TPSA) is 68.6 Å². The first-order valence-electron chi connectivity index (χ1n) is 12.6. The third-order valence-corrected chi connectivity index (χ3v) is 7.31. The number of amides is 1. The Hall–Kier alpha value is -3.13. The van der Waals surface area contributed by atoms with Crippen molar-refractivity contribution in [2.75, 3.05) is 57.4 Å². The van der Waals surface area contributed by atoms with Gasteiger partial charge in [0.1, 0.15) is 0 Å². The van der Waals surface area contributed by atoms with Crippen molar-refractivity contribution in [3.05, 3.63) is 58.9 Å². The molecule has 3 fully saturated rings. The van der Waals surface area contributed by atoms with Crippen LogP contribution in [0.3, 0.4) is 0 Å². The van der Waals surface area contributed by atoms with E-state index in [2.05, 4.69) is 34.3 Å². The van der Waals surface area contributed by atoms with Crippen LogP contribution in [-0.2, 0) is 4.74 Å². The number of carbonyl (C=O) groups is 1. The Labute approximate surface area is 205 Å². The fourth-order valence-electron chi connectivity index (χ4n) is 5.19. The second-order valence-corrected chi connectivity index (χ2v) is 9.56. The van der Waals surface area contributed by atoms with Crippen LogP contribution in [0, 0.1) is 5.82 Å². The van der Waals surface area contributed by atoms with E-state index >= 15 is 0 Å². The van der Waals surface area contributed by atoms with Crippen LogP contribution in [0.5, 0.6) is 5.75 Å². The third-order valence-electron chi connectivity index (χ3n) is 7.31. The van der Waals surface area contributed by atoms with Crippen LogP contribution in [0.4, 0.5) is 10.1 Å². The first kappa shape index (κ1) is 23.6. The molecular formula is C27H33FN4O3. The van der Waals surface area contributed by atoms with Crippen molar-refractivity contribution >= 4 is 17.8 Å². The molecule has 7 nitrogen and oxygen atoms in total. The monoisotopic (exact) mass is 480 g/mol. The van der Waals surface area contributed by atoms with Gasteiger partial charge in [-0.3, -0.25) is 9.80 Å². The number of morpholine rings is 1. The number of hydrogen-bond acceptors (Lipinski definition) is 6. The highest BCUT2D eigenvalue weighted by Gasteiger charge is 2.26. The minimum atomic E-state index is -0.813. The van der Waals surface area contributed by atoms with E-state index < -0.39 is 11.6 Å². The molecule has 0 aliphatic carbocycles. The van der Waals surface area contributed by atoms with E-state index in [0.29, 0.717) is 45.3 Å². The van der Waals surface area contributed by atoms with Gasteiger partial charge < -0.3 is 19.6 Å². The predicted octanol–water partition coefficient (Wildman–Crippen LogP) is 3.82. The number of anilines is 1. The molecule has 0 spiro atoms. The number of ether oxygens (including phenoxy) is 1. The average Bonchev–Trinajstić information content (AvgIpc) is 3.45. The number of phenolic OH excluding ortho intramolecular Hbond substituents is 1. The van der Waals surface area contributed by atoms with Gasteiger partial charge in [-0.25, -0.2) is 4.39 Å². The van der Waals surface area contributed by atoms with Gasteiger partial charge in [0, 0.05) is 43.0 Å². The fourth-order valence-corrected chi connectivity index (χ4v) is 5.19. The van der Waals surface area contributed by atoms with Crippen LogP contribution in [0.2, 0.25) is 0 Å². The zero-order chi connectivity index (χ0) is 24.2. The van der Waals surface area contributed by atoms with Crippen LogP contribution in [-0.4, -0.2) is 79.6 Å². The lowest BCUT2D eigenvalue weighted by molar-refractivity contribution is 0.0397. The summed E-state index contributed by atoms with van der Waals surface area (Å²) in [6.45, 7) is 5.94. The molecule has 1 amide bonds. The minimum Gasteiger partial charge on any atom is -0.504 e. The maximum Gasteiger partial charge on any atom is 0.253 e. The Morgan fingerprint density at radius 1 is 1.00 bits per heavy atom. The summed E-state index contributed by atoms with van der Waals surface area (Å²) in [4.78, 5) is 17.4. The molecule has 0 saturated carbocycles. The zero-order valence-electron chi connectivity index (χ0n) is 20.0. The Balaban J connectivity index is 1.21. The molecule has 3 aliphatic rings. The number of rotatable bonds is 5. The van der Waals surface area contributed by atoms with Crippen molar-refractivity contribution in [1.82, 2.24) is 9.91 Å². The standard InChI is InChI=1S/C27H33FN4O3/c28-25-18-22(17-23(26(25)33)19-29-32-13-15-35-16-14-32)27(34)31-11-7-21(8-12-31)20-3-5-24(6-4-20)30-9-1-2-10-30/h3-6,17-19,21,33H,1-2,7-16H2/b29-19+. The van der Waals surface area contributed by atoms with Crippen molar-refractivity contribution in [2.24, 2.45) is 5.10 Å². The van der Waals surface area contributed by atoms with E-state index in [1.54, 1.807) is 9.91 Å². The lowest BCUT2D eigenvalue weighted by atomic mass is 9.89. The molecule has 1 N–H and O–H groups in total. The van der Waals surface area contributed by atoms with E-state index in [0.717, 1.165) is 32.0 Å². The normalized spacial score (nSPS) is 19.6. The number of phenols is 1. The summed E-state index contributed by atoms with van der Waals surface area (Å²) in [5.41, 5.74) is 3.04. The summed E-state index contributed by atoms with van der Waals surface area (Å²) < 4.78 is 19.7. The average molecular weight is 481 g/mol. The Bertz CT molecular complexity index is 1050. The molecule has 5 rings (SSSR count). The third kappa shape index (κ3) is 5.42. The minimum absolute atomic E-state index is 0.202. The van der Waals surface area contributed by atoms with E-state index in [-0.39, 0.29) is 17.0 Å². The molecule has 0 atom stereocenters. The first-order valence-corrected chi connectivity index (χ1v) is 12.6. The predicted molar refractivity (Wildman–Crippen MR) is 134 cm³/mol. The van der Waals surface area contributed by atoms with Gasteiger partial charge in [0.05, 0.1) is 32.5 Å². The van der Waals surface area contributed by atoms with Gasteiger partial charge in [0.2, 0.25) is 0 Å². The summed E-state index contributed by atoms with van der Waals surface area (Å²) in [5.74, 6) is -1.10. The molecule has 2 aromatic carbocycles. The molecule has 3 saturated heterocycles. The van der Waals surface area contributed by atoms with E-state index in [9.17, 15) is 14.3 Å².